The van der Waals surface area contributed by atoms with Gasteiger partial charge in [-0.1, -0.05) is 12.1 Å². The van der Waals surface area contributed by atoms with E-state index in [1.54, 1.807) is 31.3 Å². The Kier molecular flexibility index (Phi) is 5.55. The highest BCUT2D eigenvalue weighted by Gasteiger charge is 2.33. The highest BCUT2D eigenvalue weighted by molar-refractivity contribution is 9.10. The third kappa shape index (κ3) is 3.73. The summed E-state index contributed by atoms with van der Waals surface area (Å²) in [5, 5.41) is 0. The number of halogens is 1. The van der Waals surface area contributed by atoms with Gasteiger partial charge < -0.3 is 14.2 Å². The Balaban J connectivity index is 1.52. The van der Waals surface area contributed by atoms with Gasteiger partial charge in [0.05, 0.1) is 11.3 Å². The average Bonchev–Trinajstić information content (AvgIpc) is 3.47. The zero-order chi connectivity index (χ0) is 19.7. The van der Waals surface area contributed by atoms with E-state index in [0.717, 1.165) is 32.6 Å². The fourth-order valence-corrected chi connectivity index (χ4v) is 4.46. The molecule has 2 aromatic rings. The van der Waals surface area contributed by atoms with E-state index >= 15 is 0 Å². The maximum Gasteiger partial charge on any atom is 0.293 e. The lowest BCUT2D eigenvalue weighted by atomic mass is 10.1. The molecule has 1 aromatic heterocycles. The smallest absolute Gasteiger partial charge is 0.293 e. The average molecular weight is 446 g/mol. The molecule has 3 heterocycles. The minimum Gasteiger partial charge on any atom is -0.444 e. The van der Waals surface area contributed by atoms with Crippen molar-refractivity contribution in [1.29, 1.82) is 0 Å². The zero-order valence-electron chi connectivity index (χ0n) is 15.9. The van der Waals surface area contributed by atoms with Crippen LogP contribution in [0.5, 0.6) is 0 Å². The van der Waals surface area contributed by atoms with Crippen molar-refractivity contribution in [3.8, 4) is 0 Å². The number of rotatable bonds is 4. The van der Waals surface area contributed by atoms with Gasteiger partial charge in [-0.2, -0.15) is 0 Å². The molecule has 0 N–H and O–H groups in total. The molecule has 2 aliphatic rings. The van der Waals surface area contributed by atoms with Crippen molar-refractivity contribution in [3.63, 3.8) is 0 Å². The molecule has 1 aromatic carbocycles. The quantitative estimate of drug-likeness (QED) is 0.720. The van der Waals surface area contributed by atoms with Crippen molar-refractivity contribution in [2.24, 2.45) is 0 Å². The first-order valence-corrected chi connectivity index (χ1v) is 10.5. The number of amides is 2. The summed E-state index contributed by atoms with van der Waals surface area (Å²) in [6, 6.07) is 11.0. The third-order valence-corrected chi connectivity index (χ3v) is 6.12. The number of hydrogen-bond acceptors (Lipinski definition) is 4. The zero-order valence-corrected chi connectivity index (χ0v) is 17.5. The van der Waals surface area contributed by atoms with Crippen LogP contribution in [0.3, 0.4) is 0 Å². The molecular weight excluding hydrogens is 422 g/mol. The van der Waals surface area contributed by atoms with Gasteiger partial charge in [-0.25, -0.2) is 0 Å². The maximum atomic E-state index is 13.2. The third-order valence-electron chi connectivity index (χ3n) is 5.69. The van der Waals surface area contributed by atoms with E-state index in [1.807, 2.05) is 17.0 Å². The molecule has 0 bridgehead atoms. The van der Waals surface area contributed by atoms with Gasteiger partial charge in [0.15, 0.2) is 10.4 Å². The predicted molar refractivity (Wildman–Crippen MR) is 111 cm³/mol. The van der Waals surface area contributed by atoms with Crippen LogP contribution in [0.2, 0.25) is 0 Å². The van der Waals surface area contributed by atoms with Crippen molar-refractivity contribution in [2.45, 2.75) is 25.3 Å². The summed E-state index contributed by atoms with van der Waals surface area (Å²) in [5.74, 6) is -0.0771. The Labute approximate surface area is 173 Å². The first kappa shape index (κ1) is 19.2. The summed E-state index contributed by atoms with van der Waals surface area (Å²) in [4.78, 5) is 31.9. The molecule has 2 saturated heterocycles. The van der Waals surface area contributed by atoms with E-state index in [0.29, 0.717) is 22.0 Å². The summed E-state index contributed by atoms with van der Waals surface area (Å²) in [6.07, 6.45) is 3.52. The predicted octanol–water partition coefficient (Wildman–Crippen LogP) is 3.63. The Morgan fingerprint density at radius 1 is 1.11 bits per heavy atom. The van der Waals surface area contributed by atoms with Gasteiger partial charge in [0, 0.05) is 26.2 Å². The number of nitrogens with zero attached hydrogens (tertiary/aromatic N) is 3. The molecule has 0 spiro atoms. The Hall–Kier alpha value is -2.12. The molecule has 148 valence electrons. The highest BCUT2D eigenvalue weighted by atomic mass is 79.9. The number of para-hydroxylation sites is 1. The van der Waals surface area contributed by atoms with Gasteiger partial charge in [-0.3, -0.25) is 14.5 Å². The van der Waals surface area contributed by atoms with Crippen molar-refractivity contribution in [2.75, 3.05) is 38.1 Å². The highest BCUT2D eigenvalue weighted by Crippen LogP contribution is 2.27. The van der Waals surface area contributed by atoms with Gasteiger partial charge in [0.2, 0.25) is 0 Å². The molecule has 7 heteroatoms. The Morgan fingerprint density at radius 3 is 2.57 bits per heavy atom. The normalized spacial score (nSPS) is 19.9. The molecule has 0 aliphatic carbocycles. The molecule has 2 aliphatic heterocycles. The molecule has 28 heavy (non-hydrogen) atoms. The van der Waals surface area contributed by atoms with Crippen LogP contribution in [0.25, 0.3) is 0 Å². The maximum absolute atomic E-state index is 13.2. The molecule has 2 amide bonds. The summed E-state index contributed by atoms with van der Waals surface area (Å²) < 4.78 is 5.88. The van der Waals surface area contributed by atoms with Crippen LogP contribution in [-0.2, 0) is 0 Å². The first-order chi connectivity index (χ1) is 13.5. The van der Waals surface area contributed by atoms with Crippen LogP contribution in [-0.4, -0.2) is 60.9 Å². The van der Waals surface area contributed by atoms with Crippen molar-refractivity contribution in [3.05, 3.63) is 52.4 Å². The molecule has 4 rings (SSSR count). The van der Waals surface area contributed by atoms with E-state index in [2.05, 4.69) is 20.8 Å². The number of likely N-dealkylation sites (tertiary alicyclic amines) is 2. The number of hydrogen-bond donors (Lipinski definition) is 0. The first-order valence-electron chi connectivity index (χ1n) is 9.70. The van der Waals surface area contributed by atoms with Crippen molar-refractivity contribution >= 4 is 33.4 Å². The van der Waals surface area contributed by atoms with Gasteiger partial charge in [0.1, 0.15) is 0 Å². The molecule has 6 nitrogen and oxygen atoms in total. The molecule has 1 atom stereocenters. The SMILES string of the molecule is CN(C(=O)c1ccc(Br)o1)c1ccccc1C(=O)N1CCC(N2CCCC2)C1. The fourth-order valence-electron chi connectivity index (χ4n) is 4.15. The number of anilines is 1. The van der Waals surface area contributed by atoms with Crippen LogP contribution in [0.15, 0.2) is 45.5 Å². The van der Waals surface area contributed by atoms with Crippen LogP contribution >= 0.6 is 15.9 Å². The monoisotopic (exact) mass is 445 g/mol. The second-order valence-corrected chi connectivity index (χ2v) is 8.20. The number of carbonyl (C=O) groups excluding carboxylic acids is 2. The van der Waals surface area contributed by atoms with Gasteiger partial charge >= 0.3 is 0 Å². The molecular formula is C21H24BrN3O3. The molecule has 0 saturated carbocycles. The summed E-state index contributed by atoms with van der Waals surface area (Å²) in [7, 11) is 1.67. The lowest BCUT2D eigenvalue weighted by molar-refractivity contribution is 0.0780. The van der Waals surface area contributed by atoms with Crippen LogP contribution in [0.4, 0.5) is 5.69 Å². The van der Waals surface area contributed by atoms with E-state index < -0.39 is 0 Å². The molecule has 1 unspecified atom stereocenters. The number of benzene rings is 1. The van der Waals surface area contributed by atoms with Crippen molar-refractivity contribution < 1.29 is 14.0 Å². The Bertz CT molecular complexity index is 875. The lowest BCUT2D eigenvalue weighted by Gasteiger charge is -2.25. The van der Waals surface area contributed by atoms with Crippen LogP contribution in [0, 0.1) is 0 Å². The van der Waals surface area contributed by atoms with Gasteiger partial charge in [-0.15, -0.1) is 0 Å². The standard InChI is InChI=1S/C21H24BrN3O3/c1-23(21(27)18-8-9-19(22)28-18)17-7-3-2-6-16(17)20(26)25-13-10-15(14-25)24-11-4-5-12-24/h2-3,6-9,15H,4-5,10-14H2,1H3. The molecule has 0 radical (unpaired) electrons. The second kappa shape index (κ2) is 8.09. The second-order valence-electron chi connectivity index (χ2n) is 7.42. The van der Waals surface area contributed by atoms with E-state index in [4.69, 9.17) is 4.42 Å². The number of carbonyl (C=O) groups is 2. The summed E-state index contributed by atoms with van der Waals surface area (Å²) in [5.41, 5.74) is 1.14. The number of furan rings is 1. The van der Waals surface area contributed by atoms with E-state index in [9.17, 15) is 9.59 Å². The lowest BCUT2D eigenvalue weighted by Crippen LogP contribution is -2.37. The summed E-state index contributed by atoms with van der Waals surface area (Å²) >= 11 is 3.22. The van der Waals surface area contributed by atoms with Gasteiger partial charge in [-0.05, 0) is 72.5 Å². The van der Waals surface area contributed by atoms with Crippen LogP contribution in [0.1, 0.15) is 40.2 Å². The summed E-state index contributed by atoms with van der Waals surface area (Å²) in [6.45, 7) is 3.80. The fraction of sp³-hybridized carbons (Fsp3) is 0.429. The van der Waals surface area contributed by atoms with E-state index in [-0.39, 0.29) is 17.6 Å². The topological polar surface area (TPSA) is 57.0 Å². The van der Waals surface area contributed by atoms with Crippen LogP contribution < -0.4 is 4.90 Å². The minimum atomic E-state index is -0.290. The van der Waals surface area contributed by atoms with Gasteiger partial charge in [0.25, 0.3) is 11.8 Å². The minimum absolute atomic E-state index is 0.0161. The molecule has 2 fully saturated rings. The Morgan fingerprint density at radius 2 is 1.86 bits per heavy atom. The van der Waals surface area contributed by atoms with Crippen molar-refractivity contribution in [1.82, 2.24) is 9.80 Å². The van der Waals surface area contributed by atoms with E-state index in [1.165, 1.54) is 17.7 Å². The largest absolute Gasteiger partial charge is 0.444 e.